The number of nitrogens with zero attached hydrogens (tertiary/aromatic N) is 1. The van der Waals surface area contributed by atoms with Crippen molar-refractivity contribution in [1.29, 1.82) is 0 Å². The molecule has 0 radical (unpaired) electrons. The topological polar surface area (TPSA) is 76.1 Å². The van der Waals surface area contributed by atoms with Gasteiger partial charge in [-0.05, 0) is 54.5 Å². The van der Waals surface area contributed by atoms with Gasteiger partial charge in [0.2, 0.25) is 0 Å². The van der Waals surface area contributed by atoms with Crippen molar-refractivity contribution < 1.29 is 24.2 Å². The summed E-state index contributed by atoms with van der Waals surface area (Å²) in [6.07, 6.45) is 1.72. The number of aliphatic hydroxyl groups excluding tert-OH is 1. The first-order valence-electron chi connectivity index (χ1n) is 10.6. The van der Waals surface area contributed by atoms with Gasteiger partial charge >= 0.3 is 0 Å². The molecule has 0 saturated carbocycles. The van der Waals surface area contributed by atoms with E-state index in [4.69, 9.17) is 9.47 Å². The molecule has 4 rings (SSSR count). The Morgan fingerprint density at radius 1 is 1.26 bits per heavy atom. The summed E-state index contributed by atoms with van der Waals surface area (Å²) in [6, 6.07) is 10.1. The van der Waals surface area contributed by atoms with E-state index in [-0.39, 0.29) is 17.4 Å². The van der Waals surface area contributed by atoms with Crippen molar-refractivity contribution in [1.82, 2.24) is 4.90 Å². The molecule has 2 fully saturated rings. The zero-order chi connectivity index (χ0) is 22.0. The average Bonchev–Trinajstić information content (AvgIpc) is 3.51. The van der Waals surface area contributed by atoms with Crippen molar-refractivity contribution in [2.75, 3.05) is 19.8 Å². The Labute approximate surface area is 186 Å². The third-order valence-electron chi connectivity index (χ3n) is 5.49. The summed E-state index contributed by atoms with van der Waals surface area (Å²) in [5.41, 5.74) is 0.606. The van der Waals surface area contributed by atoms with Gasteiger partial charge in [0.25, 0.3) is 11.7 Å². The van der Waals surface area contributed by atoms with Gasteiger partial charge in [0.15, 0.2) is 0 Å². The van der Waals surface area contributed by atoms with Gasteiger partial charge in [-0.25, -0.2) is 0 Å². The summed E-state index contributed by atoms with van der Waals surface area (Å²) in [6.45, 7) is 5.74. The quantitative estimate of drug-likeness (QED) is 0.392. The van der Waals surface area contributed by atoms with Crippen molar-refractivity contribution >= 4 is 28.8 Å². The number of thiophene rings is 1. The molecule has 1 aromatic carbocycles. The van der Waals surface area contributed by atoms with E-state index >= 15 is 0 Å². The van der Waals surface area contributed by atoms with Crippen molar-refractivity contribution in [2.45, 2.75) is 38.8 Å². The standard InChI is InChI=1S/C24H27NO5S/c1-15(2)14-30-17-9-7-16(8-10-17)22(26)20-21(19-6-4-12-31-19)25(24(28)23(20)27)13-18-5-3-11-29-18/h4,6-10,12,15,18,21,26H,3,5,11,13-14H2,1-2H3/b22-20-. The largest absolute Gasteiger partial charge is 0.507 e. The number of hydrogen-bond acceptors (Lipinski definition) is 6. The Morgan fingerprint density at radius 3 is 2.65 bits per heavy atom. The monoisotopic (exact) mass is 441 g/mol. The second-order valence-corrected chi connectivity index (χ2v) is 9.31. The first kappa shape index (κ1) is 21.6. The van der Waals surface area contributed by atoms with Crippen LogP contribution in [0.1, 0.15) is 43.2 Å². The minimum absolute atomic E-state index is 0.0851. The molecule has 2 atom stereocenters. The van der Waals surface area contributed by atoms with Gasteiger partial charge in [-0.2, -0.15) is 0 Å². The first-order valence-corrected chi connectivity index (χ1v) is 11.5. The fourth-order valence-electron chi connectivity index (χ4n) is 3.95. The molecule has 1 N–H and O–H groups in total. The number of Topliss-reactive ketones (excluding diaryl/α,β-unsaturated/α-hetero) is 1. The van der Waals surface area contributed by atoms with Gasteiger partial charge in [0, 0.05) is 23.6 Å². The molecule has 2 unspecified atom stereocenters. The average molecular weight is 442 g/mol. The van der Waals surface area contributed by atoms with Crippen molar-refractivity contribution in [3.05, 3.63) is 57.8 Å². The van der Waals surface area contributed by atoms with Crippen molar-refractivity contribution in [3.63, 3.8) is 0 Å². The molecule has 0 bridgehead atoms. The Morgan fingerprint density at radius 2 is 2.03 bits per heavy atom. The summed E-state index contributed by atoms with van der Waals surface area (Å²) in [4.78, 5) is 28.3. The minimum Gasteiger partial charge on any atom is -0.507 e. The van der Waals surface area contributed by atoms with Gasteiger partial charge in [-0.15, -0.1) is 11.3 Å². The second kappa shape index (κ2) is 9.24. The van der Waals surface area contributed by atoms with Crippen LogP contribution >= 0.6 is 11.3 Å². The molecule has 6 nitrogen and oxygen atoms in total. The molecular weight excluding hydrogens is 414 g/mol. The summed E-state index contributed by atoms with van der Waals surface area (Å²) in [5, 5.41) is 13.0. The molecule has 7 heteroatoms. The highest BCUT2D eigenvalue weighted by molar-refractivity contribution is 7.10. The lowest BCUT2D eigenvalue weighted by Crippen LogP contribution is -2.36. The highest BCUT2D eigenvalue weighted by Crippen LogP contribution is 2.41. The molecule has 2 saturated heterocycles. The molecule has 31 heavy (non-hydrogen) atoms. The molecule has 2 aliphatic heterocycles. The second-order valence-electron chi connectivity index (χ2n) is 8.33. The number of carbonyl (C=O) groups is 2. The summed E-state index contributed by atoms with van der Waals surface area (Å²) in [5.74, 6) is -0.319. The molecule has 0 aliphatic carbocycles. The van der Waals surface area contributed by atoms with Crippen LogP contribution < -0.4 is 4.74 Å². The van der Waals surface area contributed by atoms with E-state index < -0.39 is 17.7 Å². The van der Waals surface area contributed by atoms with Crippen LogP contribution in [0.4, 0.5) is 0 Å². The van der Waals surface area contributed by atoms with Gasteiger partial charge in [-0.3, -0.25) is 9.59 Å². The number of ether oxygens (including phenoxy) is 2. The van der Waals surface area contributed by atoms with Crippen LogP contribution in [0, 0.1) is 5.92 Å². The third-order valence-corrected chi connectivity index (χ3v) is 6.41. The van der Waals surface area contributed by atoms with E-state index in [2.05, 4.69) is 13.8 Å². The van der Waals surface area contributed by atoms with Crippen LogP contribution in [0.25, 0.3) is 5.76 Å². The number of rotatable bonds is 7. The van der Waals surface area contributed by atoms with Crippen LogP contribution in [0.3, 0.4) is 0 Å². The van der Waals surface area contributed by atoms with Crippen molar-refractivity contribution in [3.8, 4) is 5.75 Å². The number of benzene rings is 1. The van der Waals surface area contributed by atoms with Crippen LogP contribution in [0.15, 0.2) is 47.4 Å². The smallest absolute Gasteiger partial charge is 0.295 e. The molecule has 2 aliphatic rings. The van der Waals surface area contributed by atoms with E-state index in [0.717, 1.165) is 17.7 Å². The number of hydrogen-bond donors (Lipinski definition) is 1. The van der Waals surface area contributed by atoms with Crippen molar-refractivity contribution in [2.24, 2.45) is 5.92 Å². The zero-order valence-corrected chi connectivity index (χ0v) is 18.6. The predicted molar refractivity (Wildman–Crippen MR) is 119 cm³/mol. The van der Waals surface area contributed by atoms with E-state index in [9.17, 15) is 14.7 Å². The van der Waals surface area contributed by atoms with Gasteiger partial charge < -0.3 is 19.5 Å². The predicted octanol–water partition coefficient (Wildman–Crippen LogP) is 4.38. The van der Waals surface area contributed by atoms with Crippen LogP contribution in [-0.4, -0.2) is 47.6 Å². The van der Waals surface area contributed by atoms with E-state index in [0.29, 0.717) is 37.0 Å². The lowest BCUT2D eigenvalue weighted by atomic mass is 9.99. The fourth-order valence-corrected chi connectivity index (χ4v) is 4.79. The van der Waals surface area contributed by atoms with Crippen LogP contribution in [0.5, 0.6) is 5.75 Å². The van der Waals surface area contributed by atoms with E-state index in [1.165, 1.54) is 11.3 Å². The number of carbonyl (C=O) groups excluding carboxylic acids is 2. The number of amides is 1. The normalized spacial score (nSPS) is 23.1. The molecule has 3 heterocycles. The molecule has 1 amide bonds. The Bertz CT molecular complexity index is 958. The maximum atomic E-state index is 13.0. The first-order chi connectivity index (χ1) is 15.0. The molecule has 2 aromatic rings. The highest BCUT2D eigenvalue weighted by Gasteiger charge is 2.47. The van der Waals surface area contributed by atoms with Gasteiger partial charge in [0.05, 0.1) is 24.3 Å². The van der Waals surface area contributed by atoms with E-state index in [1.54, 1.807) is 29.2 Å². The molecule has 0 spiro atoms. The van der Waals surface area contributed by atoms with Gasteiger partial charge in [0.1, 0.15) is 11.5 Å². The zero-order valence-electron chi connectivity index (χ0n) is 17.7. The summed E-state index contributed by atoms with van der Waals surface area (Å²) < 4.78 is 11.4. The Balaban J connectivity index is 1.67. The minimum atomic E-state index is -0.658. The van der Waals surface area contributed by atoms with Crippen LogP contribution in [0.2, 0.25) is 0 Å². The lowest BCUT2D eigenvalue weighted by Gasteiger charge is -2.26. The third kappa shape index (κ3) is 4.52. The Kier molecular flexibility index (Phi) is 6.43. The summed E-state index contributed by atoms with van der Waals surface area (Å²) >= 11 is 1.46. The number of ketones is 1. The SMILES string of the molecule is CC(C)COc1ccc(/C(O)=C2/C(=O)C(=O)N(CC3CCCO3)C2c2cccs2)cc1. The Hall–Kier alpha value is -2.64. The fraction of sp³-hybridized carbons (Fsp3) is 0.417. The molecule has 1 aromatic heterocycles. The van der Waals surface area contributed by atoms with E-state index in [1.807, 2.05) is 17.5 Å². The summed E-state index contributed by atoms with van der Waals surface area (Å²) in [7, 11) is 0. The number of likely N-dealkylation sites (tertiary alicyclic amines) is 1. The maximum Gasteiger partial charge on any atom is 0.295 e. The molecular formula is C24H27NO5S. The lowest BCUT2D eigenvalue weighted by molar-refractivity contribution is -0.140. The number of aliphatic hydroxyl groups is 1. The molecule has 164 valence electrons. The maximum absolute atomic E-state index is 13.0. The highest BCUT2D eigenvalue weighted by atomic mass is 32.1. The van der Waals surface area contributed by atoms with Gasteiger partial charge in [-0.1, -0.05) is 19.9 Å². The van der Waals surface area contributed by atoms with Crippen LogP contribution in [-0.2, 0) is 14.3 Å².